The lowest BCUT2D eigenvalue weighted by Crippen LogP contribution is -2.24. The molecule has 1 fully saturated rings. The molecule has 66 valence electrons. The number of hydrogen-bond donors (Lipinski definition) is 1. The van der Waals surface area contributed by atoms with E-state index in [0.717, 1.165) is 19.3 Å². The van der Waals surface area contributed by atoms with E-state index in [1.165, 1.54) is 0 Å². The van der Waals surface area contributed by atoms with Crippen LogP contribution < -0.4 is 5.73 Å². The van der Waals surface area contributed by atoms with Crippen LogP contribution in [0.4, 0.5) is 8.78 Å². The fourth-order valence-electron chi connectivity index (χ4n) is 1.67. The zero-order valence-electron chi connectivity index (χ0n) is 6.60. The average Bonchev–Trinajstić information content (AvgIpc) is 2.13. The second kappa shape index (κ2) is 4.00. The Morgan fingerprint density at radius 1 is 1.18 bits per heavy atom. The van der Waals surface area contributed by atoms with Crippen LogP contribution in [0.15, 0.2) is 0 Å². The van der Waals surface area contributed by atoms with Crippen LogP contribution in [0.3, 0.4) is 0 Å². The predicted molar refractivity (Wildman–Crippen MR) is 40.6 cm³/mol. The van der Waals surface area contributed by atoms with Crippen LogP contribution in [0.1, 0.15) is 32.1 Å². The molecular formula is C8H15F2N. The van der Waals surface area contributed by atoms with Crippen molar-refractivity contribution >= 4 is 0 Å². The lowest BCUT2D eigenvalue weighted by Gasteiger charge is -2.15. The normalized spacial score (nSPS) is 33.8. The second-order valence-corrected chi connectivity index (χ2v) is 3.37. The minimum Gasteiger partial charge on any atom is -0.328 e. The van der Waals surface area contributed by atoms with E-state index in [1.807, 2.05) is 0 Å². The van der Waals surface area contributed by atoms with Crippen LogP contribution in [-0.4, -0.2) is 12.5 Å². The van der Waals surface area contributed by atoms with Crippen LogP contribution in [0.5, 0.6) is 0 Å². The molecule has 1 saturated carbocycles. The summed E-state index contributed by atoms with van der Waals surface area (Å²) in [6, 6.07) is 0.0106. The molecule has 0 saturated heterocycles. The number of rotatable bonds is 1. The highest BCUT2D eigenvalue weighted by atomic mass is 19.3. The van der Waals surface area contributed by atoms with Gasteiger partial charge in [-0.05, 0) is 19.3 Å². The summed E-state index contributed by atoms with van der Waals surface area (Å²) in [6.45, 7) is 0. The molecule has 0 aromatic carbocycles. The van der Waals surface area contributed by atoms with E-state index < -0.39 is 12.3 Å². The summed E-state index contributed by atoms with van der Waals surface area (Å²) >= 11 is 0. The lowest BCUT2D eigenvalue weighted by molar-refractivity contribution is 0.0665. The highest BCUT2D eigenvalue weighted by Crippen LogP contribution is 2.26. The zero-order valence-corrected chi connectivity index (χ0v) is 6.60. The highest BCUT2D eigenvalue weighted by Gasteiger charge is 2.24. The van der Waals surface area contributed by atoms with Crippen molar-refractivity contribution in [3.63, 3.8) is 0 Å². The molecular weight excluding hydrogens is 148 g/mol. The van der Waals surface area contributed by atoms with Gasteiger partial charge in [-0.3, -0.25) is 0 Å². The Bertz CT molecular complexity index is 117. The maximum atomic E-state index is 12.2. The van der Waals surface area contributed by atoms with E-state index in [0.29, 0.717) is 12.8 Å². The molecule has 0 amide bonds. The third-order valence-electron chi connectivity index (χ3n) is 2.36. The van der Waals surface area contributed by atoms with E-state index >= 15 is 0 Å². The highest BCUT2D eigenvalue weighted by molar-refractivity contribution is 4.74. The Morgan fingerprint density at radius 2 is 1.82 bits per heavy atom. The molecule has 2 N–H and O–H groups in total. The molecule has 0 aliphatic heterocycles. The van der Waals surface area contributed by atoms with Crippen molar-refractivity contribution in [1.82, 2.24) is 0 Å². The molecule has 0 aromatic heterocycles. The van der Waals surface area contributed by atoms with Gasteiger partial charge in [0.05, 0.1) is 0 Å². The largest absolute Gasteiger partial charge is 0.328 e. The fourth-order valence-corrected chi connectivity index (χ4v) is 1.67. The average molecular weight is 163 g/mol. The summed E-state index contributed by atoms with van der Waals surface area (Å²) in [4.78, 5) is 0. The van der Waals surface area contributed by atoms with Crippen LogP contribution in [0.2, 0.25) is 0 Å². The quantitative estimate of drug-likeness (QED) is 0.589. The van der Waals surface area contributed by atoms with Gasteiger partial charge in [0.25, 0.3) is 0 Å². The molecule has 1 rings (SSSR count). The first kappa shape index (κ1) is 8.91. The monoisotopic (exact) mass is 163 g/mol. The van der Waals surface area contributed by atoms with Crippen molar-refractivity contribution in [2.45, 2.75) is 44.6 Å². The molecule has 3 heteroatoms. The Balaban J connectivity index is 2.39. The molecule has 1 aliphatic carbocycles. The first-order valence-electron chi connectivity index (χ1n) is 4.24. The molecule has 0 bridgehead atoms. The van der Waals surface area contributed by atoms with Crippen LogP contribution in [0.25, 0.3) is 0 Å². The molecule has 0 heterocycles. The number of nitrogens with two attached hydrogens (primary N) is 1. The van der Waals surface area contributed by atoms with E-state index in [9.17, 15) is 8.78 Å². The van der Waals surface area contributed by atoms with E-state index in [2.05, 4.69) is 0 Å². The summed E-state index contributed by atoms with van der Waals surface area (Å²) in [5.74, 6) is -0.438. The standard InChI is InChI=1S/C8H15F2N/c9-8(10)6-3-1-2-4-7(11)5-6/h6-8H,1-5,11H2/t6-,7+/m0/s1. The van der Waals surface area contributed by atoms with Gasteiger partial charge < -0.3 is 5.73 Å². The maximum absolute atomic E-state index is 12.2. The molecule has 2 atom stereocenters. The Labute approximate surface area is 66.0 Å². The topological polar surface area (TPSA) is 26.0 Å². The summed E-state index contributed by atoms with van der Waals surface area (Å²) < 4.78 is 24.4. The van der Waals surface area contributed by atoms with Gasteiger partial charge in [0.2, 0.25) is 6.43 Å². The Hall–Kier alpha value is -0.180. The minimum atomic E-state index is -2.17. The first-order chi connectivity index (χ1) is 5.20. The van der Waals surface area contributed by atoms with Crippen LogP contribution >= 0.6 is 0 Å². The molecule has 0 aromatic rings. The van der Waals surface area contributed by atoms with E-state index in [-0.39, 0.29) is 6.04 Å². The van der Waals surface area contributed by atoms with Crippen molar-refractivity contribution in [2.24, 2.45) is 11.7 Å². The molecule has 1 aliphatic rings. The smallest absolute Gasteiger partial charge is 0.241 e. The minimum absolute atomic E-state index is 0.0106. The van der Waals surface area contributed by atoms with Crippen molar-refractivity contribution < 1.29 is 8.78 Å². The van der Waals surface area contributed by atoms with Gasteiger partial charge in [-0.15, -0.1) is 0 Å². The second-order valence-electron chi connectivity index (χ2n) is 3.37. The number of hydrogen-bond acceptors (Lipinski definition) is 1. The van der Waals surface area contributed by atoms with Gasteiger partial charge in [-0.1, -0.05) is 12.8 Å². The summed E-state index contributed by atoms with van der Waals surface area (Å²) in [7, 11) is 0. The molecule has 0 unspecified atom stereocenters. The maximum Gasteiger partial charge on any atom is 0.241 e. The van der Waals surface area contributed by atoms with Crippen molar-refractivity contribution in [3.8, 4) is 0 Å². The zero-order chi connectivity index (χ0) is 8.27. The third kappa shape index (κ3) is 2.73. The Morgan fingerprint density at radius 3 is 2.45 bits per heavy atom. The van der Waals surface area contributed by atoms with E-state index in [4.69, 9.17) is 5.73 Å². The van der Waals surface area contributed by atoms with Gasteiger partial charge in [-0.25, -0.2) is 8.78 Å². The first-order valence-corrected chi connectivity index (χ1v) is 4.24. The molecule has 0 spiro atoms. The Kier molecular flexibility index (Phi) is 3.24. The van der Waals surface area contributed by atoms with Gasteiger partial charge >= 0.3 is 0 Å². The van der Waals surface area contributed by atoms with Gasteiger partial charge in [0.15, 0.2) is 0 Å². The SMILES string of the molecule is N[C@@H]1CCCC[C@H](C(F)F)C1. The van der Waals surface area contributed by atoms with Gasteiger partial charge in [-0.2, -0.15) is 0 Å². The number of halogens is 2. The van der Waals surface area contributed by atoms with Gasteiger partial charge in [0, 0.05) is 12.0 Å². The predicted octanol–water partition coefficient (Wildman–Crippen LogP) is 2.16. The third-order valence-corrected chi connectivity index (χ3v) is 2.36. The summed E-state index contributed by atoms with van der Waals surface area (Å²) in [5.41, 5.74) is 5.63. The van der Waals surface area contributed by atoms with Gasteiger partial charge in [0.1, 0.15) is 0 Å². The molecule has 0 radical (unpaired) electrons. The van der Waals surface area contributed by atoms with Crippen molar-refractivity contribution in [1.29, 1.82) is 0 Å². The van der Waals surface area contributed by atoms with Crippen molar-refractivity contribution in [2.75, 3.05) is 0 Å². The summed E-state index contributed by atoms with van der Waals surface area (Å²) in [6.07, 6.45) is 1.86. The molecule has 1 nitrogen and oxygen atoms in total. The van der Waals surface area contributed by atoms with Crippen molar-refractivity contribution in [3.05, 3.63) is 0 Å². The van der Waals surface area contributed by atoms with E-state index in [1.54, 1.807) is 0 Å². The van der Waals surface area contributed by atoms with Crippen LogP contribution in [0, 0.1) is 5.92 Å². The molecule has 11 heavy (non-hydrogen) atoms. The lowest BCUT2D eigenvalue weighted by atomic mass is 9.99. The summed E-state index contributed by atoms with van der Waals surface area (Å²) in [5, 5.41) is 0. The fraction of sp³-hybridized carbons (Fsp3) is 1.00. The van der Waals surface area contributed by atoms with Crippen LogP contribution in [-0.2, 0) is 0 Å². The number of alkyl halides is 2.